The van der Waals surface area contributed by atoms with E-state index in [0.29, 0.717) is 0 Å². The predicted molar refractivity (Wildman–Crippen MR) is 69.9 cm³/mol. The molecule has 2 heteroatoms. The highest BCUT2D eigenvalue weighted by Crippen LogP contribution is 2.16. The third-order valence-electron chi connectivity index (χ3n) is 2.62. The van der Waals surface area contributed by atoms with Crippen molar-refractivity contribution in [2.45, 2.75) is 19.8 Å². The summed E-state index contributed by atoms with van der Waals surface area (Å²) < 4.78 is 5.10. The van der Waals surface area contributed by atoms with Crippen molar-refractivity contribution in [3.63, 3.8) is 0 Å². The van der Waals surface area contributed by atoms with E-state index in [2.05, 4.69) is 37.0 Å². The van der Waals surface area contributed by atoms with Gasteiger partial charge in [0.2, 0.25) is 0 Å². The van der Waals surface area contributed by atoms with Gasteiger partial charge in [0, 0.05) is 19.3 Å². The first-order valence-corrected chi connectivity index (χ1v) is 5.75. The second kappa shape index (κ2) is 7.07. The molecule has 0 saturated heterocycles. The van der Waals surface area contributed by atoms with E-state index in [9.17, 15) is 0 Å². The molecular weight excluding hydrogens is 198 g/mol. The second-order valence-electron chi connectivity index (χ2n) is 3.86. The normalized spacial score (nSPS) is 10.1. The smallest absolute Gasteiger partial charge is 0.0503 e. The molecule has 0 aliphatic heterocycles. The zero-order valence-electron chi connectivity index (χ0n) is 10.3. The maximum atomic E-state index is 5.10. The lowest BCUT2D eigenvalue weighted by atomic mass is 10.1. The Kier molecular flexibility index (Phi) is 5.65. The molecule has 0 aliphatic rings. The molecule has 0 unspecified atom stereocenters. The molecule has 0 aliphatic carbocycles. The Morgan fingerprint density at radius 3 is 2.81 bits per heavy atom. The number of nitrogens with one attached hydrogen (secondary N) is 1. The molecule has 88 valence electrons. The van der Waals surface area contributed by atoms with Gasteiger partial charge in [-0.05, 0) is 24.5 Å². The van der Waals surface area contributed by atoms with Gasteiger partial charge in [0.15, 0.2) is 0 Å². The molecule has 0 fully saturated rings. The van der Waals surface area contributed by atoms with Crippen LogP contribution in [0.3, 0.4) is 0 Å². The lowest BCUT2D eigenvalue weighted by molar-refractivity contribution is 0.202. The fourth-order valence-corrected chi connectivity index (χ4v) is 1.47. The third kappa shape index (κ3) is 4.07. The van der Waals surface area contributed by atoms with Crippen molar-refractivity contribution in [2.24, 2.45) is 0 Å². The minimum atomic E-state index is 0.757. The molecule has 0 saturated carbocycles. The maximum absolute atomic E-state index is 5.10. The van der Waals surface area contributed by atoms with Gasteiger partial charge in [0.1, 0.15) is 0 Å². The Morgan fingerprint density at radius 2 is 2.12 bits per heavy atom. The van der Waals surface area contributed by atoms with Crippen LogP contribution in [0, 0.1) is 0 Å². The van der Waals surface area contributed by atoms with E-state index in [-0.39, 0.29) is 0 Å². The zero-order valence-corrected chi connectivity index (χ0v) is 10.3. The van der Waals surface area contributed by atoms with Crippen LogP contribution in [0.4, 0.5) is 5.69 Å². The number of ether oxygens (including phenoxy) is 1. The largest absolute Gasteiger partial charge is 0.384 e. The van der Waals surface area contributed by atoms with Gasteiger partial charge in [-0.3, -0.25) is 0 Å². The summed E-state index contributed by atoms with van der Waals surface area (Å²) in [6.45, 7) is 7.72. The van der Waals surface area contributed by atoms with Crippen LogP contribution in [0.5, 0.6) is 0 Å². The molecule has 1 aromatic rings. The van der Waals surface area contributed by atoms with Crippen molar-refractivity contribution in [1.29, 1.82) is 0 Å². The fraction of sp³-hybridized carbons (Fsp3) is 0.429. The molecule has 0 bridgehead atoms. The lowest BCUT2D eigenvalue weighted by Gasteiger charge is -2.12. The van der Waals surface area contributed by atoms with E-state index >= 15 is 0 Å². The van der Waals surface area contributed by atoms with Crippen LogP contribution in [0.25, 0.3) is 0 Å². The molecule has 0 atom stereocenters. The summed E-state index contributed by atoms with van der Waals surface area (Å²) in [5.41, 5.74) is 3.71. The van der Waals surface area contributed by atoms with Crippen LogP contribution < -0.4 is 5.32 Å². The van der Waals surface area contributed by atoms with Crippen molar-refractivity contribution in [2.75, 3.05) is 25.6 Å². The average Bonchev–Trinajstić information content (AvgIpc) is 2.34. The van der Waals surface area contributed by atoms with Gasteiger partial charge < -0.3 is 10.1 Å². The molecule has 16 heavy (non-hydrogen) atoms. The predicted octanol–water partition coefficient (Wildman–Crippen LogP) is 3.25. The molecular formula is C14H21NO. The summed E-state index contributed by atoms with van der Waals surface area (Å²) in [5.74, 6) is 0. The first-order valence-electron chi connectivity index (χ1n) is 5.75. The number of methoxy groups -OCH3 is 1. The van der Waals surface area contributed by atoms with E-state index in [4.69, 9.17) is 4.74 Å². The van der Waals surface area contributed by atoms with Crippen LogP contribution >= 0.6 is 0 Å². The van der Waals surface area contributed by atoms with E-state index in [1.807, 2.05) is 6.07 Å². The minimum absolute atomic E-state index is 0.757. The topological polar surface area (TPSA) is 21.3 Å². The Hall–Kier alpha value is -1.28. The van der Waals surface area contributed by atoms with Gasteiger partial charge in [-0.1, -0.05) is 37.3 Å². The van der Waals surface area contributed by atoms with Crippen molar-refractivity contribution in [1.82, 2.24) is 0 Å². The van der Waals surface area contributed by atoms with E-state index < -0.39 is 0 Å². The molecule has 1 N–H and O–H groups in total. The van der Waals surface area contributed by atoms with Crippen molar-refractivity contribution >= 4 is 5.69 Å². The Balaban J connectivity index is 2.59. The van der Waals surface area contributed by atoms with Gasteiger partial charge in [-0.25, -0.2) is 0 Å². The molecule has 1 rings (SSSR count). The lowest BCUT2D eigenvalue weighted by Crippen LogP contribution is -2.07. The Labute approximate surface area is 98.3 Å². The van der Waals surface area contributed by atoms with Crippen molar-refractivity contribution < 1.29 is 4.74 Å². The highest BCUT2D eigenvalue weighted by Gasteiger charge is 2.00. The zero-order chi connectivity index (χ0) is 11.8. The molecule has 2 nitrogen and oxygen atoms in total. The number of hydrogen-bond acceptors (Lipinski definition) is 2. The second-order valence-corrected chi connectivity index (χ2v) is 3.86. The standard InChI is InChI=1S/C14H21NO/c1-4-12(2)11-15-14-8-6-5-7-13(14)9-10-16-3/h5-8,15H,2,4,9-11H2,1,3H3. The summed E-state index contributed by atoms with van der Waals surface area (Å²) in [7, 11) is 1.73. The number of rotatable bonds is 7. The number of hydrogen-bond donors (Lipinski definition) is 1. The summed E-state index contributed by atoms with van der Waals surface area (Å²) in [4.78, 5) is 0. The van der Waals surface area contributed by atoms with Gasteiger partial charge in [-0.2, -0.15) is 0 Å². The summed E-state index contributed by atoms with van der Waals surface area (Å²) in [6.07, 6.45) is 1.96. The van der Waals surface area contributed by atoms with Crippen molar-refractivity contribution in [3.8, 4) is 0 Å². The quantitative estimate of drug-likeness (QED) is 0.711. The van der Waals surface area contributed by atoms with E-state index in [0.717, 1.165) is 26.0 Å². The molecule has 0 aromatic heterocycles. The van der Waals surface area contributed by atoms with Crippen LogP contribution in [0.15, 0.2) is 36.4 Å². The van der Waals surface area contributed by atoms with Gasteiger partial charge >= 0.3 is 0 Å². The van der Waals surface area contributed by atoms with E-state index in [1.54, 1.807) is 7.11 Å². The number of benzene rings is 1. The van der Waals surface area contributed by atoms with Gasteiger partial charge in [0.05, 0.1) is 6.61 Å². The molecule has 0 radical (unpaired) electrons. The van der Waals surface area contributed by atoms with Crippen LogP contribution in [-0.2, 0) is 11.2 Å². The monoisotopic (exact) mass is 219 g/mol. The van der Waals surface area contributed by atoms with Crippen LogP contribution in [0.2, 0.25) is 0 Å². The number of anilines is 1. The fourth-order valence-electron chi connectivity index (χ4n) is 1.47. The SMILES string of the molecule is C=C(CC)CNc1ccccc1CCOC. The van der Waals surface area contributed by atoms with Crippen LogP contribution in [-0.4, -0.2) is 20.3 Å². The minimum Gasteiger partial charge on any atom is -0.384 e. The average molecular weight is 219 g/mol. The van der Waals surface area contributed by atoms with Crippen LogP contribution in [0.1, 0.15) is 18.9 Å². The molecule has 0 spiro atoms. The number of para-hydroxylation sites is 1. The highest BCUT2D eigenvalue weighted by atomic mass is 16.5. The first-order chi connectivity index (χ1) is 7.77. The highest BCUT2D eigenvalue weighted by molar-refractivity contribution is 5.51. The third-order valence-corrected chi connectivity index (χ3v) is 2.62. The van der Waals surface area contributed by atoms with Crippen molar-refractivity contribution in [3.05, 3.63) is 42.0 Å². The molecule has 0 amide bonds. The van der Waals surface area contributed by atoms with E-state index in [1.165, 1.54) is 16.8 Å². The maximum Gasteiger partial charge on any atom is 0.0503 e. The van der Waals surface area contributed by atoms with Gasteiger partial charge in [0.25, 0.3) is 0 Å². The summed E-state index contributed by atoms with van der Waals surface area (Å²) >= 11 is 0. The summed E-state index contributed by atoms with van der Waals surface area (Å²) in [6, 6.07) is 8.35. The molecule has 0 heterocycles. The van der Waals surface area contributed by atoms with Gasteiger partial charge in [-0.15, -0.1) is 0 Å². The Morgan fingerprint density at radius 1 is 1.38 bits per heavy atom. The first kappa shape index (κ1) is 12.8. The molecule has 1 aromatic carbocycles. The Bertz CT molecular complexity index is 333. The summed E-state index contributed by atoms with van der Waals surface area (Å²) in [5, 5.41) is 3.42.